The molecule has 0 radical (unpaired) electrons. The number of para-hydroxylation sites is 2. The molecule has 0 aromatic heterocycles. The van der Waals surface area contributed by atoms with E-state index in [-0.39, 0.29) is 17.7 Å². The van der Waals surface area contributed by atoms with E-state index in [1.165, 1.54) is 0 Å². The highest BCUT2D eigenvalue weighted by Gasteiger charge is 2.35. The summed E-state index contributed by atoms with van der Waals surface area (Å²) in [6.45, 7) is 4.54. The molecule has 1 heterocycles. The van der Waals surface area contributed by atoms with Crippen molar-refractivity contribution in [1.82, 2.24) is 5.32 Å². The number of rotatable bonds is 6. The Hall–Kier alpha value is -2.04. The van der Waals surface area contributed by atoms with Crippen molar-refractivity contribution in [2.24, 2.45) is 5.92 Å². The van der Waals surface area contributed by atoms with Crippen molar-refractivity contribution in [3.63, 3.8) is 0 Å². The molecule has 120 valence electrons. The van der Waals surface area contributed by atoms with Crippen molar-refractivity contribution < 1.29 is 14.3 Å². The molecule has 0 aliphatic carbocycles. The number of methoxy groups -OCH3 is 1. The van der Waals surface area contributed by atoms with Crippen LogP contribution in [0.5, 0.6) is 5.75 Å². The average molecular weight is 304 g/mol. The summed E-state index contributed by atoms with van der Waals surface area (Å²) in [6.07, 6.45) is 2.42. The number of benzene rings is 1. The van der Waals surface area contributed by atoms with Crippen LogP contribution in [-0.2, 0) is 9.59 Å². The minimum Gasteiger partial charge on any atom is -0.495 e. The smallest absolute Gasteiger partial charge is 0.249 e. The Labute approximate surface area is 131 Å². The maximum Gasteiger partial charge on any atom is 0.249 e. The van der Waals surface area contributed by atoms with E-state index < -0.39 is 6.04 Å². The van der Waals surface area contributed by atoms with E-state index in [1.54, 1.807) is 12.0 Å². The zero-order valence-electron chi connectivity index (χ0n) is 13.5. The summed E-state index contributed by atoms with van der Waals surface area (Å²) in [5, 5.41) is 2.88. The quantitative estimate of drug-likeness (QED) is 0.877. The molecule has 0 spiro atoms. The van der Waals surface area contributed by atoms with Crippen LogP contribution >= 0.6 is 0 Å². The van der Waals surface area contributed by atoms with Gasteiger partial charge in [0.1, 0.15) is 11.8 Å². The normalized spacial score (nSPS) is 19.1. The summed E-state index contributed by atoms with van der Waals surface area (Å²) in [5.41, 5.74) is 0.758. The predicted octanol–water partition coefficient (Wildman–Crippen LogP) is 2.35. The molecule has 1 aromatic rings. The van der Waals surface area contributed by atoms with E-state index in [0.29, 0.717) is 18.7 Å². The number of carbonyl (C=O) groups excluding carboxylic acids is 2. The van der Waals surface area contributed by atoms with Crippen molar-refractivity contribution in [3.05, 3.63) is 24.3 Å². The van der Waals surface area contributed by atoms with E-state index in [4.69, 9.17) is 4.74 Å². The van der Waals surface area contributed by atoms with Gasteiger partial charge in [-0.1, -0.05) is 32.4 Å². The lowest BCUT2D eigenvalue weighted by molar-refractivity contribution is -0.128. The van der Waals surface area contributed by atoms with E-state index in [1.807, 2.05) is 38.1 Å². The topological polar surface area (TPSA) is 58.6 Å². The van der Waals surface area contributed by atoms with Crippen LogP contribution in [0.25, 0.3) is 0 Å². The van der Waals surface area contributed by atoms with Crippen LogP contribution in [0.4, 0.5) is 5.69 Å². The molecule has 0 bridgehead atoms. The van der Waals surface area contributed by atoms with Crippen LogP contribution in [0.2, 0.25) is 0 Å². The number of carbonyl (C=O) groups is 2. The third kappa shape index (κ3) is 3.40. The molecule has 0 saturated carbocycles. The number of anilines is 1. The Kier molecular flexibility index (Phi) is 5.41. The zero-order chi connectivity index (χ0) is 16.1. The Morgan fingerprint density at radius 2 is 2.18 bits per heavy atom. The van der Waals surface area contributed by atoms with Gasteiger partial charge >= 0.3 is 0 Å². The first-order valence-electron chi connectivity index (χ1n) is 7.83. The molecular formula is C17H24N2O3. The summed E-state index contributed by atoms with van der Waals surface area (Å²) in [5.74, 6) is 0.504. The van der Waals surface area contributed by atoms with Crippen LogP contribution in [0, 0.1) is 5.92 Å². The van der Waals surface area contributed by atoms with Crippen LogP contribution in [0.3, 0.4) is 0 Å². The Morgan fingerprint density at radius 1 is 1.45 bits per heavy atom. The number of hydrogen-bond acceptors (Lipinski definition) is 3. The van der Waals surface area contributed by atoms with Gasteiger partial charge in [0, 0.05) is 12.5 Å². The van der Waals surface area contributed by atoms with Crippen LogP contribution in [0.15, 0.2) is 24.3 Å². The zero-order valence-corrected chi connectivity index (χ0v) is 13.5. The highest BCUT2D eigenvalue weighted by molar-refractivity contribution is 6.02. The molecule has 22 heavy (non-hydrogen) atoms. The SMILES string of the molecule is CCCC(C)C(=O)NC1CCN(c2ccccc2OC)C1=O. The van der Waals surface area contributed by atoms with Crippen molar-refractivity contribution in [3.8, 4) is 5.75 Å². The fraction of sp³-hybridized carbons (Fsp3) is 0.529. The minimum absolute atomic E-state index is 0.0397. The summed E-state index contributed by atoms with van der Waals surface area (Å²) in [6, 6.07) is 7.00. The lowest BCUT2D eigenvalue weighted by Gasteiger charge is -2.20. The molecule has 1 aliphatic heterocycles. The van der Waals surface area contributed by atoms with Gasteiger partial charge in [0.25, 0.3) is 0 Å². The molecule has 5 nitrogen and oxygen atoms in total. The third-order valence-electron chi connectivity index (χ3n) is 4.07. The van der Waals surface area contributed by atoms with Gasteiger partial charge in [-0.25, -0.2) is 0 Å². The second kappa shape index (κ2) is 7.29. The predicted molar refractivity (Wildman–Crippen MR) is 86.0 cm³/mol. The van der Waals surface area contributed by atoms with E-state index in [2.05, 4.69) is 5.32 Å². The molecule has 2 atom stereocenters. The maximum atomic E-state index is 12.5. The number of ether oxygens (including phenoxy) is 1. The van der Waals surface area contributed by atoms with Crippen LogP contribution in [0.1, 0.15) is 33.1 Å². The lowest BCUT2D eigenvalue weighted by Crippen LogP contribution is -2.43. The van der Waals surface area contributed by atoms with Crippen LogP contribution < -0.4 is 15.0 Å². The number of nitrogens with zero attached hydrogens (tertiary/aromatic N) is 1. The average Bonchev–Trinajstić information content (AvgIpc) is 2.88. The summed E-state index contributed by atoms with van der Waals surface area (Å²) >= 11 is 0. The largest absolute Gasteiger partial charge is 0.495 e. The van der Waals surface area contributed by atoms with Gasteiger partial charge in [-0.2, -0.15) is 0 Å². The molecule has 2 amide bonds. The summed E-state index contributed by atoms with van der Waals surface area (Å²) in [4.78, 5) is 26.3. The van der Waals surface area contributed by atoms with Gasteiger partial charge in [0.15, 0.2) is 0 Å². The first-order chi connectivity index (χ1) is 10.6. The molecule has 2 rings (SSSR count). The highest BCUT2D eigenvalue weighted by atomic mass is 16.5. The van der Waals surface area contributed by atoms with Gasteiger partial charge in [-0.05, 0) is 25.0 Å². The molecule has 1 fully saturated rings. The lowest BCUT2D eigenvalue weighted by atomic mass is 10.0. The van der Waals surface area contributed by atoms with Gasteiger partial charge < -0.3 is 15.0 Å². The van der Waals surface area contributed by atoms with Crippen LogP contribution in [-0.4, -0.2) is 31.5 Å². The molecule has 1 saturated heterocycles. The van der Waals surface area contributed by atoms with Crippen molar-refractivity contribution >= 4 is 17.5 Å². The second-order valence-corrected chi connectivity index (χ2v) is 5.70. The Bertz CT molecular complexity index is 544. The molecule has 5 heteroatoms. The van der Waals surface area contributed by atoms with Crippen molar-refractivity contribution in [2.45, 2.75) is 39.2 Å². The van der Waals surface area contributed by atoms with E-state index in [0.717, 1.165) is 18.5 Å². The number of nitrogens with one attached hydrogen (secondary N) is 1. The number of hydrogen-bond donors (Lipinski definition) is 1. The minimum atomic E-state index is -0.434. The first-order valence-corrected chi connectivity index (χ1v) is 7.83. The van der Waals surface area contributed by atoms with E-state index in [9.17, 15) is 9.59 Å². The fourth-order valence-electron chi connectivity index (χ4n) is 2.78. The number of amides is 2. The Balaban J connectivity index is 2.05. The summed E-state index contributed by atoms with van der Waals surface area (Å²) in [7, 11) is 1.59. The van der Waals surface area contributed by atoms with E-state index >= 15 is 0 Å². The second-order valence-electron chi connectivity index (χ2n) is 5.70. The molecule has 1 N–H and O–H groups in total. The van der Waals surface area contributed by atoms with Crippen molar-refractivity contribution in [2.75, 3.05) is 18.6 Å². The Morgan fingerprint density at radius 3 is 2.86 bits per heavy atom. The van der Waals surface area contributed by atoms with Crippen molar-refractivity contribution in [1.29, 1.82) is 0 Å². The highest BCUT2D eigenvalue weighted by Crippen LogP contribution is 2.31. The first kappa shape index (κ1) is 16.3. The standard InChI is InChI=1S/C17H24N2O3/c1-4-7-12(2)16(20)18-13-10-11-19(17(13)21)14-8-5-6-9-15(14)22-3/h5-6,8-9,12-13H,4,7,10-11H2,1-3H3,(H,18,20). The van der Waals surface area contributed by atoms with Gasteiger partial charge in [-0.15, -0.1) is 0 Å². The van der Waals surface area contributed by atoms with Gasteiger partial charge in [0.2, 0.25) is 11.8 Å². The maximum absolute atomic E-state index is 12.5. The fourth-order valence-corrected chi connectivity index (χ4v) is 2.78. The third-order valence-corrected chi connectivity index (χ3v) is 4.07. The molecular weight excluding hydrogens is 280 g/mol. The summed E-state index contributed by atoms with van der Waals surface area (Å²) < 4.78 is 5.31. The van der Waals surface area contributed by atoms with Gasteiger partial charge in [0.05, 0.1) is 12.8 Å². The van der Waals surface area contributed by atoms with Gasteiger partial charge in [-0.3, -0.25) is 9.59 Å². The molecule has 1 aliphatic rings. The monoisotopic (exact) mass is 304 g/mol. The molecule has 2 unspecified atom stereocenters. The molecule has 1 aromatic carbocycles.